The van der Waals surface area contributed by atoms with Crippen LogP contribution in [0.1, 0.15) is 22.3 Å². The summed E-state index contributed by atoms with van der Waals surface area (Å²) in [7, 11) is 0. The third-order valence-corrected chi connectivity index (χ3v) is 13.7. The van der Waals surface area contributed by atoms with Crippen molar-refractivity contribution in [1.82, 2.24) is 19.6 Å². The number of nitrogens with one attached hydrogen (secondary N) is 8. The summed E-state index contributed by atoms with van der Waals surface area (Å²) in [5.41, 5.74) is 7.74. The molecular formula is C64H64F4N12O4. The highest BCUT2D eigenvalue weighted by molar-refractivity contribution is 6.01. The van der Waals surface area contributed by atoms with Crippen molar-refractivity contribution < 1.29 is 36.7 Å². The van der Waals surface area contributed by atoms with Gasteiger partial charge in [0, 0.05) is 124 Å². The van der Waals surface area contributed by atoms with E-state index in [-0.39, 0.29) is 0 Å². The first-order valence-electron chi connectivity index (χ1n) is 27.4. The van der Waals surface area contributed by atoms with Crippen molar-refractivity contribution in [3.8, 4) is 0 Å². The summed E-state index contributed by atoms with van der Waals surface area (Å²) in [5, 5.41) is 22.0. The maximum Gasteiger partial charge on any atom is 0.323 e. The number of nitrogens with zero attached hydrogens (tertiary/aromatic N) is 4. The van der Waals surface area contributed by atoms with Gasteiger partial charge in [0.15, 0.2) is 0 Å². The van der Waals surface area contributed by atoms with Crippen molar-refractivity contribution in [1.29, 1.82) is 0 Å². The van der Waals surface area contributed by atoms with Crippen LogP contribution in [0.4, 0.5) is 82.2 Å². The fraction of sp³-hybridized carbons (Fsp3) is 0.188. The lowest BCUT2D eigenvalue weighted by atomic mass is 10.1. The molecule has 9 rings (SSSR count). The first-order chi connectivity index (χ1) is 40.7. The second-order valence-electron chi connectivity index (χ2n) is 20.3. The molecule has 1 fully saturated rings. The maximum atomic E-state index is 13.8. The van der Waals surface area contributed by atoms with Gasteiger partial charge in [0.1, 0.15) is 23.3 Å². The Labute approximate surface area is 484 Å². The van der Waals surface area contributed by atoms with Crippen molar-refractivity contribution in [3.63, 3.8) is 0 Å². The molecule has 0 spiro atoms. The van der Waals surface area contributed by atoms with Crippen LogP contribution in [0.5, 0.6) is 0 Å². The average molecular weight is 1140 g/mol. The van der Waals surface area contributed by atoms with Crippen LogP contribution in [0.25, 0.3) is 0 Å². The van der Waals surface area contributed by atoms with Crippen LogP contribution in [0.2, 0.25) is 0 Å². The number of urea groups is 4. The average Bonchev–Trinajstić information content (AvgIpc) is 3.50. The first-order valence-corrected chi connectivity index (χ1v) is 27.4. The molecule has 1 heterocycles. The highest BCUT2D eigenvalue weighted by Crippen LogP contribution is 2.21. The van der Waals surface area contributed by atoms with E-state index in [1.165, 1.54) is 72.8 Å². The molecule has 0 aliphatic carbocycles. The summed E-state index contributed by atoms with van der Waals surface area (Å²) in [6.07, 6.45) is 0. The third kappa shape index (κ3) is 19.3. The highest BCUT2D eigenvalue weighted by atomic mass is 19.1. The van der Waals surface area contributed by atoms with Crippen LogP contribution in [0.15, 0.2) is 194 Å². The van der Waals surface area contributed by atoms with Crippen LogP contribution in [0.3, 0.4) is 0 Å². The van der Waals surface area contributed by atoms with E-state index in [0.29, 0.717) is 124 Å². The molecule has 1 aliphatic rings. The van der Waals surface area contributed by atoms with Crippen molar-refractivity contribution in [3.05, 3.63) is 240 Å². The Morgan fingerprint density at radius 3 is 0.619 bits per heavy atom. The second-order valence-corrected chi connectivity index (χ2v) is 20.3. The number of halogens is 4. The van der Waals surface area contributed by atoms with Crippen LogP contribution >= 0.6 is 0 Å². The van der Waals surface area contributed by atoms with Gasteiger partial charge in [-0.2, -0.15) is 0 Å². The van der Waals surface area contributed by atoms with Gasteiger partial charge >= 0.3 is 24.1 Å². The van der Waals surface area contributed by atoms with Gasteiger partial charge in [0.25, 0.3) is 0 Å². The minimum Gasteiger partial charge on any atom is -0.308 e. The van der Waals surface area contributed by atoms with E-state index in [9.17, 15) is 36.7 Å². The van der Waals surface area contributed by atoms with E-state index in [1.807, 2.05) is 97.1 Å². The van der Waals surface area contributed by atoms with E-state index in [0.717, 1.165) is 22.3 Å². The third-order valence-electron chi connectivity index (χ3n) is 13.7. The molecule has 8 aromatic carbocycles. The van der Waals surface area contributed by atoms with E-state index in [1.54, 1.807) is 24.3 Å². The molecule has 1 aliphatic heterocycles. The minimum absolute atomic E-state index is 0.331. The van der Waals surface area contributed by atoms with E-state index < -0.39 is 47.4 Å². The maximum absolute atomic E-state index is 13.8. The Bertz CT molecular complexity index is 3010. The number of amides is 8. The van der Waals surface area contributed by atoms with Gasteiger partial charge in [0.2, 0.25) is 0 Å². The Morgan fingerprint density at radius 2 is 0.440 bits per heavy atom. The summed E-state index contributed by atoms with van der Waals surface area (Å²) in [6, 6.07) is 51.3. The summed E-state index contributed by atoms with van der Waals surface area (Å²) >= 11 is 0. The number of anilines is 8. The summed E-state index contributed by atoms with van der Waals surface area (Å²) in [5.74, 6) is -1.83. The summed E-state index contributed by atoms with van der Waals surface area (Å²) in [6.45, 7) is 8.01. The lowest BCUT2D eigenvalue weighted by Crippen LogP contribution is -2.45. The fourth-order valence-corrected chi connectivity index (χ4v) is 9.46. The molecule has 0 atom stereocenters. The molecule has 84 heavy (non-hydrogen) atoms. The molecule has 8 amide bonds. The molecule has 8 N–H and O–H groups in total. The van der Waals surface area contributed by atoms with E-state index >= 15 is 0 Å². The lowest BCUT2D eigenvalue weighted by molar-refractivity contribution is 0.122. The number of carbonyl (C=O) groups is 4. The van der Waals surface area contributed by atoms with E-state index in [4.69, 9.17) is 0 Å². The molecule has 0 unspecified atom stereocenters. The van der Waals surface area contributed by atoms with E-state index in [2.05, 4.69) is 62.1 Å². The fourth-order valence-electron chi connectivity index (χ4n) is 9.46. The van der Waals surface area contributed by atoms with Crippen molar-refractivity contribution in [2.45, 2.75) is 26.2 Å². The SMILES string of the molecule is O=C(Nc1ccc(CN2CCN(Cc3ccc(NC(=O)Nc4cccc(F)c4)cc3)CCN(Cc3ccc(NC(=O)Nc4cccc(F)c4)cc3)CCN(Cc3ccc(NC(=O)Nc4cccc(F)c4)cc3)CC2)cc1)Nc1cccc(F)c1. The van der Waals surface area contributed by atoms with Gasteiger partial charge in [-0.1, -0.05) is 72.8 Å². The van der Waals surface area contributed by atoms with Crippen LogP contribution in [0, 0.1) is 23.3 Å². The highest BCUT2D eigenvalue weighted by Gasteiger charge is 2.20. The monoisotopic (exact) mass is 1140 g/mol. The Balaban J connectivity index is 0.914. The zero-order valence-electron chi connectivity index (χ0n) is 45.9. The first kappa shape index (κ1) is 59.0. The van der Waals surface area contributed by atoms with Gasteiger partial charge in [-0.15, -0.1) is 0 Å². The van der Waals surface area contributed by atoms with Gasteiger partial charge in [-0.05, 0) is 144 Å². The zero-order chi connectivity index (χ0) is 58.6. The largest absolute Gasteiger partial charge is 0.323 e. The Morgan fingerprint density at radius 1 is 0.262 bits per heavy atom. The molecule has 1 saturated heterocycles. The molecule has 432 valence electrons. The molecule has 16 nitrogen and oxygen atoms in total. The molecule has 0 radical (unpaired) electrons. The Kier molecular flexibility index (Phi) is 20.7. The Hall–Kier alpha value is -9.60. The van der Waals surface area contributed by atoms with Gasteiger partial charge in [-0.3, -0.25) is 19.6 Å². The van der Waals surface area contributed by atoms with Crippen molar-refractivity contribution >= 4 is 69.6 Å². The number of benzene rings is 8. The van der Waals surface area contributed by atoms with Gasteiger partial charge in [0.05, 0.1) is 0 Å². The minimum atomic E-state index is -0.499. The predicted molar refractivity (Wildman–Crippen MR) is 323 cm³/mol. The van der Waals surface area contributed by atoms with Crippen LogP contribution in [-0.4, -0.2) is 96.1 Å². The predicted octanol–water partition coefficient (Wildman–Crippen LogP) is 13.1. The van der Waals surface area contributed by atoms with Gasteiger partial charge in [-0.25, -0.2) is 36.7 Å². The molecule has 0 bridgehead atoms. The molecular weight excluding hydrogens is 1080 g/mol. The van der Waals surface area contributed by atoms with Crippen LogP contribution < -0.4 is 42.5 Å². The molecule has 8 aromatic rings. The van der Waals surface area contributed by atoms with Crippen molar-refractivity contribution in [2.75, 3.05) is 94.9 Å². The standard InChI is InChI=1S/C64H64F4N12O4/c65-49-5-1-9-57(37-49)73-61(81)69-53-21-13-45(14-22-53)41-77-29-31-78(42-46-15-23-54(24-16-46)70-62(82)74-58-10-2-6-50(66)38-58)33-35-80(44-48-19-27-56(28-20-48)72-64(84)76-60-12-4-8-52(68)40-60)36-34-79(32-30-77)43-47-17-25-55(26-18-47)71-63(83)75-59-11-3-7-51(67)39-59/h1-28,37-40H,29-36,41-44H2,(H2,69,73,81)(H2,70,74,82)(H2,71,75,83)(H2,72,76,84). The number of rotatable bonds is 16. The number of hydrogen-bond acceptors (Lipinski definition) is 8. The molecule has 0 saturated carbocycles. The number of carbonyl (C=O) groups excluding carboxylic acids is 4. The lowest BCUT2D eigenvalue weighted by Gasteiger charge is -2.34. The molecule has 20 heteroatoms. The van der Waals surface area contributed by atoms with Gasteiger partial charge < -0.3 is 42.5 Å². The number of hydrogen-bond donors (Lipinski definition) is 8. The zero-order valence-corrected chi connectivity index (χ0v) is 45.9. The molecule has 0 aromatic heterocycles. The van der Waals surface area contributed by atoms with Crippen molar-refractivity contribution in [2.24, 2.45) is 0 Å². The second kappa shape index (κ2) is 29.4. The van der Waals surface area contributed by atoms with Crippen LogP contribution in [-0.2, 0) is 26.2 Å². The normalized spacial score (nSPS) is 13.8. The quantitative estimate of drug-likeness (QED) is 0.0441. The topological polar surface area (TPSA) is 177 Å². The smallest absolute Gasteiger partial charge is 0.308 e. The summed E-state index contributed by atoms with van der Waals surface area (Å²) in [4.78, 5) is 61.0. The summed E-state index contributed by atoms with van der Waals surface area (Å²) < 4.78 is 55.2.